The third kappa shape index (κ3) is 6.29. The highest BCUT2D eigenvalue weighted by atomic mass is 32.2. The first-order chi connectivity index (χ1) is 14.1. The summed E-state index contributed by atoms with van der Waals surface area (Å²) < 4.78 is 36.8. The molecule has 0 amide bonds. The van der Waals surface area contributed by atoms with E-state index in [1.54, 1.807) is 24.1 Å². The largest absolute Gasteiger partial charge is 0.435 e. The minimum Gasteiger partial charge on any atom is -0.435 e. The molecule has 3 aliphatic rings. The monoisotopic (exact) mass is 428 g/mol. The Labute approximate surface area is 178 Å². The van der Waals surface area contributed by atoms with Crippen LogP contribution in [0.1, 0.15) is 46.0 Å². The van der Waals surface area contributed by atoms with Gasteiger partial charge in [0.05, 0.1) is 13.2 Å². The van der Waals surface area contributed by atoms with Gasteiger partial charge < -0.3 is 9.47 Å². The molecule has 4 nitrogen and oxygen atoms in total. The maximum atomic E-state index is 12.2. The highest BCUT2D eigenvalue weighted by Crippen LogP contribution is 2.49. The van der Waals surface area contributed by atoms with Crippen LogP contribution < -0.4 is 4.74 Å². The van der Waals surface area contributed by atoms with Gasteiger partial charge in [-0.25, -0.2) is 4.31 Å². The Bertz CT molecular complexity index is 603. The fourth-order valence-corrected chi connectivity index (χ4v) is 5.69. The van der Waals surface area contributed by atoms with E-state index in [4.69, 9.17) is 4.74 Å². The molecule has 1 atom stereocenters. The van der Waals surface area contributed by atoms with Crippen LogP contribution in [0, 0.1) is 5.41 Å². The maximum absolute atomic E-state index is 12.2. The molecule has 0 bridgehead atoms. The van der Waals surface area contributed by atoms with Crippen LogP contribution in [-0.4, -0.2) is 61.3 Å². The van der Waals surface area contributed by atoms with Crippen molar-refractivity contribution in [1.82, 2.24) is 9.21 Å². The molecule has 1 spiro atoms. The van der Waals surface area contributed by atoms with Gasteiger partial charge in [-0.1, -0.05) is 13.8 Å². The number of halogens is 2. The molecule has 2 heterocycles. The molecule has 0 N–H and O–H groups in total. The van der Waals surface area contributed by atoms with Gasteiger partial charge in [-0.15, -0.1) is 0 Å². The Morgan fingerprint density at radius 2 is 1.69 bits per heavy atom. The van der Waals surface area contributed by atoms with Crippen LogP contribution in [0.15, 0.2) is 29.2 Å². The molecule has 0 aromatic heterocycles. The second-order valence-corrected chi connectivity index (χ2v) is 9.09. The van der Waals surface area contributed by atoms with Crippen molar-refractivity contribution in [2.75, 3.05) is 39.4 Å². The fourth-order valence-electron chi connectivity index (χ4n) is 4.77. The molecule has 7 heteroatoms. The van der Waals surface area contributed by atoms with Crippen molar-refractivity contribution in [3.8, 4) is 5.75 Å². The average Bonchev–Trinajstić information content (AvgIpc) is 3.17. The highest BCUT2D eigenvalue weighted by molar-refractivity contribution is 7.97. The van der Waals surface area contributed by atoms with E-state index < -0.39 is 6.61 Å². The van der Waals surface area contributed by atoms with Gasteiger partial charge in [-0.2, -0.15) is 8.78 Å². The Morgan fingerprint density at radius 3 is 2.31 bits per heavy atom. The minimum atomic E-state index is -2.77. The molecular formula is C22H34F2N2O2S. The summed E-state index contributed by atoms with van der Waals surface area (Å²) in [6, 6.07) is 7.69. The summed E-state index contributed by atoms with van der Waals surface area (Å²) in [6.07, 6.45) is 6.54. The highest BCUT2D eigenvalue weighted by Gasteiger charge is 2.43. The Kier molecular flexibility index (Phi) is 8.59. The smallest absolute Gasteiger partial charge is 0.387 e. The first kappa shape index (κ1) is 22.8. The maximum Gasteiger partial charge on any atom is 0.387 e. The van der Waals surface area contributed by atoms with E-state index >= 15 is 0 Å². The van der Waals surface area contributed by atoms with Gasteiger partial charge in [0.2, 0.25) is 0 Å². The molecule has 1 aliphatic carbocycles. The lowest BCUT2D eigenvalue weighted by Crippen LogP contribution is -2.43. The summed E-state index contributed by atoms with van der Waals surface area (Å²) >= 11 is 1.73. The van der Waals surface area contributed by atoms with Crippen molar-refractivity contribution in [2.24, 2.45) is 5.41 Å². The van der Waals surface area contributed by atoms with Gasteiger partial charge in [-0.05, 0) is 73.7 Å². The van der Waals surface area contributed by atoms with E-state index in [1.807, 2.05) is 26.0 Å². The van der Waals surface area contributed by atoms with Crippen LogP contribution in [0.5, 0.6) is 5.75 Å². The average molecular weight is 429 g/mol. The number of nitrogens with zero attached hydrogens (tertiary/aromatic N) is 2. The Morgan fingerprint density at radius 1 is 1.03 bits per heavy atom. The lowest BCUT2D eigenvalue weighted by Gasteiger charge is -2.40. The van der Waals surface area contributed by atoms with Crippen LogP contribution in [0.2, 0.25) is 0 Å². The van der Waals surface area contributed by atoms with Crippen LogP contribution >= 0.6 is 11.9 Å². The lowest BCUT2D eigenvalue weighted by atomic mass is 9.77. The molecule has 1 aromatic rings. The van der Waals surface area contributed by atoms with Crippen LogP contribution in [0.4, 0.5) is 8.78 Å². The third-order valence-corrected chi connectivity index (χ3v) is 7.41. The van der Waals surface area contributed by atoms with Crippen LogP contribution in [0.25, 0.3) is 0 Å². The number of piperidine rings is 1. The minimum absolute atomic E-state index is 0.215. The van der Waals surface area contributed by atoms with E-state index in [0.717, 1.165) is 50.3 Å². The quantitative estimate of drug-likeness (QED) is 0.594. The van der Waals surface area contributed by atoms with Crippen molar-refractivity contribution < 1.29 is 18.3 Å². The predicted octanol–water partition coefficient (Wildman–Crippen LogP) is 5.29. The molecule has 1 saturated carbocycles. The first-order valence-corrected chi connectivity index (χ1v) is 11.7. The van der Waals surface area contributed by atoms with Gasteiger partial charge in [0.1, 0.15) is 5.75 Å². The summed E-state index contributed by atoms with van der Waals surface area (Å²) in [7, 11) is 0. The molecule has 1 unspecified atom stereocenters. The zero-order valence-electron chi connectivity index (χ0n) is 17.6. The fraction of sp³-hybridized carbons (Fsp3) is 0.727. The number of hydrogen-bond donors (Lipinski definition) is 0. The molecule has 164 valence electrons. The topological polar surface area (TPSA) is 24.9 Å². The van der Waals surface area contributed by atoms with E-state index in [0.29, 0.717) is 5.41 Å². The summed E-state index contributed by atoms with van der Waals surface area (Å²) in [4.78, 5) is 3.72. The lowest BCUT2D eigenvalue weighted by molar-refractivity contribution is -0.0498. The molecule has 2 aliphatic heterocycles. The molecule has 1 aromatic carbocycles. The molecule has 29 heavy (non-hydrogen) atoms. The van der Waals surface area contributed by atoms with E-state index in [1.165, 1.54) is 32.1 Å². The van der Waals surface area contributed by atoms with Gasteiger partial charge in [0.25, 0.3) is 0 Å². The molecule has 4 rings (SSSR count). The summed E-state index contributed by atoms with van der Waals surface area (Å²) in [5.74, 6) is 0.215. The summed E-state index contributed by atoms with van der Waals surface area (Å²) in [5.41, 5.74) is 0.523. The van der Waals surface area contributed by atoms with Gasteiger partial charge >= 0.3 is 6.61 Å². The van der Waals surface area contributed by atoms with Crippen LogP contribution in [0.3, 0.4) is 0 Å². The predicted molar refractivity (Wildman–Crippen MR) is 114 cm³/mol. The van der Waals surface area contributed by atoms with Crippen molar-refractivity contribution in [2.45, 2.75) is 63.5 Å². The molecule has 3 fully saturated rings. The standard InChI is InChI=1S/C20H28F2N2O2S.C2H6/c21-19(22)26-17-1-3-18(4-2-17)27-24-9-7-20(8-10-24)6-5-16(15-20)23-11-13-25-14-12-23;1-2/h1-4,16,19H,5-15H2;1-2H3. The van der Waals surface area contributed by atoms with Crippen molar-refractivity contribution >= 4 is 11.9 Å². The Balaban J connectivity index is 0.00000117. The van der Waals surface area contributed by atoms with E-state index in [-0.39, 0.29) is 5.75 Å². The van der Waals surface area contributed by atoms with Crippen LogP contribution in [-0.2, 0) is 4.74 Å². The zero-order valence-corrected chi connectivity index (χ0v) is 18.4. The summed E-state index contributed by atoms with van der Waals surface area (Å²) in [6.45, 7) is 7.37. The third-order valence-electron chi connectivity index (χ3n) is 6.31. The number of rotatable bonds is 5. The molecular weight excluding hydrogens is 394 g/mol. The molecule has 2 saturated heterocycles. The van der Waals surface area contributed by atoms with Crippen molar-refractivity contribution in [3.63, 3.8) is 0 Å². The van der Waals surface area contributed by atoms with Crippen molar-refractivity contribution in [1.29, 1.82) is 0 Å². The number of hydrogen-bond acceptors (Lipinski definition) is 5. The number of alkyl halides is 2. The second kappa shape index (κ2) is 10.9. The zero-order chi connectivity index (χ0) is 20.7. The van der Waals surface area contributed by atoms with Gasteiger partial charge in [-0.3, -0.25) is 4.90 Å². The SMILES string of the molecule is CC.FC(F)Oc1ccc(SN2CCC3(CCC(N4CCOCC4)C3)CC2)cc1. The van der Waals surface area contributed by atoms with E-state index in [2.05, 4.69) is 13.9 Å². The van der Waals surface area contributed by atoms with Crippen molar-refractivity contribution in [3.05, 3.63) is 24.3 Å². The van der Waals surface area contributed by atoms with Gasteiger partial charge in [0.15, 0.2) is 0 Å². The molecule has 0 radical (unpaired) electrons. The number of ether oxygens (including phenoxy) is 2. The van der Waals surface area contributed by atoms with E-state index in [9.17, 15) is 8.78 Å². The summed E-state index contributed by atoms with van der Waals surface area (Å²) in [5, 5.41) is 0. The van der Waals surface area contributed by atoms with Gasteiger partial charge in [0, 0.05) is 37.1 Å². The first-order valence-electron chi connectivity index (χ1n) is 10.9. The second-order valence-electron chi connectivity index (χ2n) is 7.92. The Hall–Kier alpha value is -0.890. The normalized spacial score (nSPS) is 25.1. The number of morpholine rings is 1. The number of benzene rings is 1.